The minimum Gasteiger partial charge on any atom is -0.397 e. The van der Waals surface area contributed by atoms with E-state index in [2.05, 4.69) is 25.9 Å². The number of hydrogen-bond acceptors (Lipinski definition) is 3. The lowest BCUT2D eigenvalue weighted by atomic mass is 9.87. The van der Waals surface area contributed by atoms with Crippen LogP contribution >= 0.6 is 0 Å². The van der Waals surface area contributed by atoms with Crippen LogP contribution in [0.4, 0.5) is 11.4 Å². The largest absolute Gasteiger partial charge is 0.397 e. The second-order valence-corrected chi connectivity index (χ2v) is 4.11. The standard InChI is InChI=1S/C10H14N2O/c1-10(2,3)7-4-5-8(11)9(6-7)12-13/h4-6H,11H2,1-3H3. The van der Waals surface area contributed by atoms with Crippen LogP contribution in [-0.4, -0.2) is 0 Å². The predicted molar refractivity (Wildman–Crippen MR) is 55.0 cm³/mol. The van der Waals surface area contributed by atoms with Crippen molar-refractivity contribution in [3.8, 4) is 0 Å². The molecule has 70 valence electrons. The fourth-order valence-electron chi connectivity index (χ4n) is 1.09. The summed E-state index contributed by atoms with van der Waals surface area (Å²) >= 11 is 0. The Hall–Kier alpha value is -1.38. The normalized spacial score (nSPS) is 11.3. The van der Waals surface area contributed by atoms with Crippen molar-refractivity contribution in [3.63, 3.8) is 0 Å². The molecular formula is C10H14N2O. The monoisotopic (exact) mass is 178 g/mol. The van der Waals surface area contributed by atoms with Crippen molar-refractivity contribution in [1.82, 2.24) is 0 Å². The topological polar surface area (TPSA) is 55.4 Å². The third-order valence-electron chi connectivity index (χ3n) is 1.99. The number of benzene rings is 1. The summed E-state index contributed by atoms with van der Waals surface area (Å²) < 4.78 is 0. The van der Waals surface area contributed by atoms with E-state index in [0.29, 0.717) is 11.4 Å². The highest BCUT2D eigenvalue weighted by Crippen LogP contribution is 2.29. The van der Waals surface area contributed by atoms with Crippen molar-refractivity contribution in [1.29, 1.82) is 0 Å². The van der Waals surface area contributed by atoms with E-state index in [9.17, 15) is 4.91 Å². The van der Waals surface area contributed by atoms with Crippen LogP contribution < -0.4 is 5.73 Å². The molecule has 0 spiro atoms. The zero-order valence-corrected chi connectivity index (χ0v) is 8.16. The van der Waals surface area contributed by atoms with E-state index >= 15 is 0 Å². The van der Waals surface area contributed by atoms with Crippen molar-refractivity contribution in [2.75, 3.05) is 5.73 Å². The van der Waals surface area contributed by atoms with Gasteiger partial charge in [-0.1, -0.05) is 26.8 Å². The van der Waals surface area contributed by atoms with Crippen LogP contribution in [0.5, 0.6) is 0 Å². The van der Waals surface area contributed by atoms with Gasteiger partial charge >= 0.3 is 0 Å². The van der Waals surface area contributed by atoms with Gasteiger partial charge in [-0.25, -0.2) is 0 Å². The van der Waals surface area contributed by atoms with Crippen molar-refractivity contribution in [2.24, 2.45) is 5.18 Å². The minimum absolute atomic E-state index is 0.0210. The Morgan fingerprint density at radius 1 is 1.31 bits per heavy atom. The summed E-state index contributed by atoms with van der Waals surface area (Å²) in [4.78, 5) is 10.4. The van der Waals surface area contributed by atoms with Crippen LogP contribution in [0.15, 0.2) is 23.4 Å². The molecule has 1 rings (SSSR count). The second kappa shape index (κ2) is 3.17. The molecule has 2 N–H and O–H groups in total. The first-order valence-electron chi connectivity index (χ1n) is 4.18. The molecule has 1 aromatic rings. The van der Waals surface area contributed by atoms with Gasteiger partial charge in [-0.05, 0) is 28.3 Å². The van der Waals surface area contributed by atoms with Gasteiger partial charge in [0.2, 0.25) is 0 Å². The molecule has 3 nitrogen and oxygen atoms in total. The molecule has 0 fully saturated rings. The zero-order chi connectivity index (χ0) is 10.1. The fraction of sp³-hybridized carbons (Fsp3) is 0.400. The number of nitrogens with zero attached hydrogens (tertiary/aromatic N) is 1. The molecule has 0 bridgehead atoms. The Morgan fingerprint density at radius 2 is 1.92 bits per heavy atom. The molecule has 0 unspecified atom stereocenters. The first-order chi connectivity index (χ1) is 5.95. The lowest BCUT2D eigenvalue weighted by Crippen LogP contribution is -2.10. The molecule has 13 heavy (non-hydrogen) atoms. The van der Waals surface area contributed by atoms with E-state index < -0.39 is 0 Å². The van der Waals surface area contributed by atoms with Gasteiger partial charge in [-0.3, -0.25) is 0 Å². The van der Waals surface area contributed by atoms with E-state index in [1.165, 1.54) is 0 Å². The molecule has 0 heterocycles. The first kappa shape index (κ1) is 9.71. The van der Waals surface area contributed by atoms with Gasteiger partial charge in [0, 0.05) is 0 Å². The molecule has 0 atom stereocenters. The molecule has 0 radical (unpaired) electrons. The third kappa shape index (κ3) is 2.05. The summed E-state index contributed by atoms with van der Waals surface area (Å²) in [7, 11) is 0. The molecular weight excluding hydrogens is 164 g/mol. The Labute approximate surface area is 77.9 Å². The van der Waals surface area contributed by atoms with Crippen LogP contribution in [-0.2, 0) is 5.41 Å². The number of nitrogen functional groups attached to an aromatic ring is 1. The van der Waals surface area contributed by atoms with E-state index in [-0.39, 0.29) is 5.41 Å². The lowest BCUT2D eigenvalue weighted by Gasteiger charge is -2.19. The number of anilines is 1. The average Bonchev–Trinajstić information content (AvgIpc) is 2.03. The maximum Gasteiger partial charge on any atom is 0.131 e. The molecule has 0 aliphatic carbocycles. The van der Waals surface area contributed by atoms with Gasteiger partial charge in [0.25, 0.3) is 0 Å². The van der Waals surface area contributed by atoms with Crippen molar-refractivity contribution < 1.29 is 0 Å². The Balaban J connectivity index is 3.21. The van der Waals surface area contributed by atoms with E-state index in [0.717, 1.165) is 5.56 Å². The summed E-state index contributed by atoms with van der Waals surface area (Å²) in [6, 6.07) is 5.38. The predicted octanol–water partition coefficient (Wildman–Crippen LogP) is 2.96. The van der Waals surface area contributed by atoms with Crippen LogP contribution in [0.25, 0.3) is 0 Å². The van der Waals surface area contributed by atoms with Crippen LogP contribution in [0.2, 0.25) is 0 Å². The Kier molecular flexibility index (Phi) is 2.36. The highest BCUT2D eigenvalue weighted by molar-refractivity contribution is 5.63. The van der Waals surface area contributed by atoms with Gasteiger partial charge in [0.05, 0.1) is 5.69 Å². The summed E-state index contributed by atoms with van der Waals surface area (Å²) in [5, 5.41) is 2.87. The van der Waals surface area contributed by atoms with Crippen molar-refractivity contribution >= 4 is 11.4 Å². The van der Waals surface area contributed by atoms with Crippen LogP contribution in [0.1, 0.15) is 26.3 Å². The van der Waals surface area contributed by atoms with Crippen LogP contribution in [0.3, 0.4) is 0 Å². The second-order valence-electron chi connectivity index (χ2n) is 4.11. The number of nitrogens with two attached hydrogens (primary N) is 1. The maximum atomic E-state index is 10.4. The maximum absolute atomic E-state index is 10.4. The smallest absolute Gasteiger partial charge is 0.131 e. The molecule has 1 aromatic carbocycles. The first-order valence-corrected chi connectivity index (χ1v) is 4.18. The SMILES string of the molecule is CC(C)(C)c1ccc(N)c(N=O)c1. The van der Waals surface area contributed by atoms with Gasteiger partial charge in [0.1, 0.15) is 5.69 Å². The summed E-state index contributed by atoms with van der Waals surface area (Å²) in [5.41, 5.74) is 7.40. The van der Waals surface area contributed by atoms with Gasteiger partial charge < -0.3 is 5.73 Å². The summed E-state index contributed by atoms with van der Waals surface area (Å²) in [6.07, 6.45) is 0. The minimum atomic E-state index is 0.0210. The molecule has 3 heteroatoms. The highest BCUT2D eigenvalue weighted by Gasteiger charge is 2.14. The quantitative estimate of drug-likeness (QED) is 0.531. The summed E-state index contributed by atoms with van der Waals surface area (Å²) in [6.45, 7) is 6.23. The van der Waals surface area contributed by atoms with Crippen molar-refractivity contribution in [2.45, 2.75) is 26.2 Å². The third-order valence-corrected chi connectivity index (χ3v) is 1.99. The Bertz CT molecular complexity index is 326. The van der Waals surface area contributed by atoms with Crippen molar-refractivity contribution in [3.05, 3.63) is 28.7 Å². The molecule has 0 amide bonds. The summed E-state index contributed by atoms with van der Waals surface area (Å²) in [5.74, 6) is 0. The van der Waals surface area contributed by atoms with Crippen LogP contribution in [0, 0.1) is 4.91 Å². The van der Waals surface area contributed by atoms with Gasteiger partial charge in [-0.15, -0.1) is 4.91 Å². The molecule has 0 aliphatic rings. The van der Waals surface area contributed by atoms with Gasteiger partial charge in [-0.2, -0.15) is 0 Å². The number of rotatable bonds is 1. The van der Waals surface area contributed by atoms with E-state index in [1.54, 1.807) is 12.1 Å². The molecule has 0 aliphatic heterocycles. The fourth-order valence-corrected chi connectivity index (χ4v) is 1.09. The number of hydrogen-bond donors (Lipinski definition) is 1. The number of nitroso groups, excluding NO2 is 1. The van der Waals surface area contributed by atoms with E-state index in [1.807, 2.05) is 6.07 Å². The molecule has 0 aromatic heterocycles. The highest BCUT2D eigenvalue weighted by atomic mass is 16.3. The molecule has 0 saturated heterocycles. The average molecular weight is 178 g/mol. The zero-order valence-electron chi connectivity index (χ0n) is 8.16. The Morgan fingerprint density at radius 3 is 2.38 bits per heavy atom. The van der Waals surface area contributed by atoms with Gasteiger partial charge in [0.15, 0.2) is 0 Å². The van der Waals surface area contributed by atoms with E-state index in [4.69, 9.17) is 5.73 Å². The molecule has 0 saturated carbocycles. The lowest BCUT2D eigenvalue weighted by molar-refractivity contribution is 0.590.